The molecule has 80 valence electrons. The smallest absolute Gasteiger partial charge is 0.445 e. The van der Waals surface area contributed by atoms with E-state index >= 15 is 0 Å². The van der Waals surface area contributed by atoms with Crippen LogP contribution in [0.2, 0.25) is 0 Å². The lowest BCUT2D eigenvalue weighted by molar-refractivity contribution is 0.500. The van der Waals surface area contributed by atoms with Crippen LogP contribution in [0.25, 0.3) is 5.65 Å². The van der Waals surface area contributed by atoms with Crippen LogP contribution in [0, 0.1) is 13.8 Å². The maximum atomic E-state index is 12.5. The van der Waals surface area contributed by atoms with E-state index in [-0.39, 0.29) is 0 Å². The van der Waals surface area contributed by atoms with Crippen LogP contribution in [0.15, 0.2) is 18.5 Å². The fraction of sp³-hybridized carbons (Fsp3) is 0.222. The Hall–Kier alpha value is -1.46. The Morgan fingerprint density at radius 3 is 2.47 bits per heavy atom. The number of rotatable bonds is 1. The van der Waals surface area contributed by atoms with Crippen LogP contribution in [0.3, 0.4) is 0 Å². The van der Waals surface area contributed by atoms with Gasteiger partial charge in [0.2, 0.25) is 0 Å². The van der Waals surface area contributed by atoms with Crippen LogP contribution in [-0.2, 0) is 0 Å². The number of nitrogens with zero attached hydrogens (tertiary/aromatic N) is 2. The average molecular weight is 213 g/mol. The molecule has 0 N–H and O–H groups in total. The zero-order chi connectivity index (χ0) is 11.2. The highest BCUT2D eigenvalue weighted by Crippen LogP contribution is 2.14. The van der Waals surface area contributed by atoms with Crippen molar-refractivity contribution in [2.45, 2.75) is 13.8 Å². The van der Waals surface area contributed by atoms with Crippen LogP contribution in [0.5, 0.6) is 0 Å². The molecule has 2 aromatic rings. The van der Waals surface area contributed by atoms with E-state index in [4.69, 9.17) is 0 Å². The summed E-state index contributed by atoms with van der Waals surface area (Å²) in [6.45, 7) is -1.56. The van der Waals surface area contributed by atoms with E-state index in [0.717, 1.165) is 12.3 Å². The maximum Gasteiger partial charge on any atom is 0.511 e. The SMILES string of the molecule is Cc1cn2cc([B-](F)(F)F)cc(C)c2n1. The molecule has 0 saturated heterocycles. The van der Waals surface area contributed by atoms with Gasteiger partial charge in [0.1, 0.15) is 5.65 Å². The standard InChI is InChI=1S/C9H9BF3N2/c1-6-3-8(10(11,12)13)5-15-4-7(2)14-9(6)15/h3-5H,1-2H3/q-1. The summed E-state index contributed by atoms with van der Waals surface area (Å²) in [6, 6.07) is 1.14. The van der Waals surface area contributed by atoms with Crippen LogP contribution in [0.4, 0.5) is 12.9 Å². The van der Waals surface area contributed by atoms with Crippen LogP contribution >= 0.6 is 0 Å². The van der Waals surface area contributed by atoms with Crippen LogP contribution in [-0.4, -0.2) is 16.4 Å². The first kappa shape index (κ1) is 10.1. The van der Waals surface area contributed by atoms with Gasteiger partial charge in [-0.2, -0.15) is 0 Å². The van der Waals surface area contributed by atoms with Crippen molar-refractivity contribution in [1.82, 2.24) is 9.38 Å². The van der Waals surface area contributed by atoms with Gasteiger partial charge in [-0.15, -0.1) is 0 Å². The predicted octanol–water partition coefficient (Wildman–Crippen LogP) is 2.01. The van der Waals surface area contributed by atoms with Gasteiger partial charge in [0.25, 0.3) is 0 Å². The second-order valence-electron chi connectivity index (χ2n) is 3.64. The van der Waals surface area contributed by atoms with Gasteiger partial charge < -0.3 is 17.3 Å². The minimum absolute atomic E-state index is 0.541. The van der Waals surface area contributed by atoms with Crippen molar-refractivity contribution in [3.8, 4) is 0 Å². The van der Waals surface area contributed by atoms with Gasteiger partial charge in [-0.1, -0.05) is 11.5 Å². The maximum absolute atomic E-state index is 12.5. The summed E-state index contributed by atoms with van der Waals surface area (Å²) < 4.78 is 39.0. The molecule has 0 atom stereocenters. The van der Waals surface area contributed by atoms with E-state index < -0.39 is 12.4 Å². The van der Waals surface area contributed by atoms with Crippen molar-refractivity contribution < 1.29 is 12.9 Å². The highest BCUT2D eigenvalue weighted by Gasteiger charge is 2.26. The molecule has 0 aliphatic heterocycles. The lowest BCUT2D eigenvalue weighted by atomic mass is 9.81. The predicted molar refractivity (Wildman–Crippen MR) is 53.4 cm³/mol. The zero-order valence-corrected chi connectivity index (χ0v) is 8.34. The van der Waals surface area contributed by atoms with E-state index in [2.05, 4.69) is 4.98 Å². The largest absolute Gasteiger partial charge is 0.511 e. The lowest BCUT2D eigenvalue weighted by Crippen LogP contribution is -2.34. The fourth-order valence-electron chi connectivity index (χ4n) is 1.60. The van der Waals surface area contributed by atoms with Gasteiger partial charge >= 0.3 is 6.98 Å². The molecule has 0 aliphatic carbocycles. The lowest BCUT2D eigenvalue weighted by Gasteiger charge is -2.15. The number of hydrogen-bond acceptors (Lipinski definition) is 1. The Kier molecular flexibility index (Phi) is 2.03. The molecule has 2 aromatic heterocycles. The molecule has 0 unspecified atom stereocenters. The minimum atomic E-state index is -4.94. The van der Waals surface area contributed by atoms with Crippen LogP contribution in [0.1, 0.15) is 11.3 Å². The molecule has 6 heteroatoms. The number of fused-ring (bicyclic) bond motifs is 1. The highest BCUT2D eigenvalue weighted by molar-refractivity contribution is 6.73. The number of aromatic nitrogens is 2. The zero-order valence-electron chi connectivity index (χ0n) is 8.34. The van der Waals surface area contributed by atoms with Crippen LogP contribution < -0.4 is 5.46 Å². The summed E-state index contributed by atoms with van der Waals surface area (Å²) in [4.78, 5) is 4.14. The second-order valence-corrected chi connectivity index (χ2v) is 3.64. The highest BCUT2D eigenvalue weighted by atomic mass is 19.4. The molecule has 0 spiro atoms. The number of imidazole rings is 1. The molecular weight excluding hydrogens is 204 g/mol. The minimum Gasteiger partial charge on any atom is -0.445 e. The quantitative estimate of drug-likeness (QED) is 0.662. The Morgan fingerprint density at radius 1 is 1.20 bits per heavy atom. The Bertz CT molecular complexity index is 516. The molecule has 0 amide bonds. The third-order valence-corrected chi connectivity index (χ3v) is 2.25. The van der Waals surface area contributed by atoms with Crippen molar-refractivity contribution in [2.24, 2.45) is 0 Å². The van der Waals surface area contributed by atoms with E-state index in [1.54, 1.807) is 20.0 Å². The summed E-state index contributed by atoms with van der Waals surface area (Å²) in [6.07, 6.45) is 2.68. The molecule has 15 heavy (non-hydrogen) atoms. The summed E-state index contributed by atoms with van der Waals surface area (Å²) in [7, 11) is 0. The number of halogens is 3. The molecule has 0 aromatic carbocycles. The van der Waals surface area contributed by atoms with Crippen molar-refractivity contribution in [2.75, 3.05) is 0 Å². The van der Waals surface area contributed by atoms with Gasteiger partial charge in [-0.3, -0.25) is 0 Å². The summed E-state index contributed by atoms with van der Waals surface area (Å²) in [5, 5.41) is 0. The molecule has 0 bridgehead atoms. The number of aryl methyl sites for hydroxylation is 2. The molecule has 2 rings (SSSR count). The van der Waals surface area contributed by atoms with E-state index in [0.29, 0.717) is 16.9 Å². The third kappa shape index (κ3) is 1.71. The Labute approximate surface area is 84.8 Å². The molecule has 2 heterocycles. The Morgan fingerprint density at radius 2 is 1.87 bits per heavy atom. The van der Waals surface area contributed by atoms with Crippen molar-refractivity contribution in [1.29, 1.82) is 0 Å². The molecule has 0 radical (unpaired) electrons. The van der Waals surface area contributed by atoms with Crippen molar-refractivity contribution in [3.05, 3.63) is 29.7 Å². The van der Waals surface area contributed by atoms with Crippen molar-refractivity contribution >= 4 is 18.1 Å². The summed E-state index contributed by atoms with van der Waals surface area (Å²) >= 11 is 0. The van der Waals surface area contributed by atoms with Gasteiger partial charge in [-0.05, 0) is 25.6 Å². The summed E-state index contributed by atoms with van der Waals surface area (Å²) in [5.41, 5.74) is 1.25. The molecular formula is C9H9BF3N2-. The van der Waals surface area contributed by atoms with Gasteiger partial charge in [0.05, 0.1) is 5.69 Å². The topological polar surface area (TPSA) is 17.3 Å². The summed E-state index contributed by atoms with van der Waals surface area (Å²) in [5.74, 6) is 0. The van der Waals surface area contributed by atoms with E-state index in [9.17, 15) is 12.9 Å². The first-order valence-electron chi connectivity index (χ1n) is 4.54. The number of pyridine rings is 1. The second kappa shape index (κ2) is 3.02. The molecule has 0 saturated carbocycles. The third-order valence-electron chi connectivity index (χ3n) is 2.25. The van der Waals surface area contributed by atoms with E-state index in [1.165, 1.54) is 4.40 Å². The molecule has 2 nitrogen and oxygen atoms in total. The average Bonchev–Trinajstić information content (AvgIpc) is 2.44. The normalized spacial score (nSPS) is 12.3. The van der Waals surface area contributed by atoms with Gasteiger partial charge in [0, 0.05) is 6.20 Å². The Balaban J connectivity index is 2.72. The first-order valence-corrected chi connectivity index (χ1v) is 4.54. The number of hydrogen-bond donors (Lipinski definition) is 0. The molecule has 0 aliphatic rings. The fourth-order valence-corrected chi connectivity index (χ4v) is 1.60. The van der Waals surface area contributed by atoms with Gasteiger partial charge in [0.15, 0.2) is 0 Å². The van der Waals surface area contributed by atoms with Crippen molar-refractivity contribution in [3.63, 3.8) is 0 Å². The first-order chi connectivity index (χ1) is 6.88. The molecule has 0 fully saturated rings. The van der Waals surface area contributed by atoms with E-state index in [1.807, 2.05) is 0 Å². The monoisotopic (exact) mass is 213 g/mol. The van der Waals surface area contributed by atoms with Gasteiger partial charge in [-0.25, -0.2) is 4.98 Å².